The second-order valence-electron chi connectivity index (χ2n) is 5.16. The zero-order valence-electron chi connectivity index (χ0n) is 13.0. The van der Waals surface area contributed by atoms with E-state index >= 15 is 0 Å². The highest BCUT2D eigenvalue weighted by Gasteiger charge is 2.07. The first kappa shape index (κ1) is 16.4. The lowest BCUT2D eigenvalue weighted by Crippen LogP contribution is -2.26. The summed E-state index contributed by atoms with van der Waals surface area (Å²) < 4.78 is 0. The summed E-state index contributed by atoms with van der Waals surface area (Å²) in [5.41, 5.74) is 5.11. The van der Waals surface area contributed by atoms with E-state index in [1.807, 2.05) is 31.2 Å². The van der Waals surface area contributed by atoms with Gasteiger partial charge in [-0.25, -0.2) is 5.43 Å². The van der Waals surface area contributed by atoms with Gasteiger partial charge < -0.3 is 15.5 Å². The molecule has 2 aromatic carbocycles. The summed E-state index contributed by atoms with van der Waals surface area (Å²) in [4.78, 5) is 11.8. The molecule has 6 nitrogen and oxygen atoms in total. The fourth-order valence-electron chi connectivity index (χ4n) is 2.00. The van der Waals surface area contributed by atoms with E-state index in [-0.39, 0.29) is 24.0 Å². The Morgan fingerprint density at radius 3 is 2.70 bits per heavy atom. The Bertz CT molecular complexity index is 742. The van der Waals surface area contributed by atoms with Crippen LogP contribution in [0.5, 0.6) is 11.5 Å². The predicted molar refractivity (Wildman–Crippen MR) is 89.8 cm³/mol. The van der Waals surface area contributed by atoms with Gasteiger partial charge >= 0.3 is 0 Å². The molecule has 0 saturated carbocycles. The number of phenolic OH excluding ortho intramolecular Hbond substituents is 2. The van der Waals surface area contributed by atoms with Crippen LogP contribution in [-0.2, 0) is 4.79 Å². The molecular formula is C17H19N3O3. The van der Waals surface area contributed by atoms with Gasteiger partial charge in [-0.15, -0.1) is 0 Å². The lowest BCUT2D eigenvalue weighted by molar-refractivity contribution is -0.119. The third-order valence-electron chi connectivity index (χ3n) is 3.19. The molecule has 0 atom stereocenters. The van der Waals surface area contributed by atoms with Gasteiger partial charge in [-0.3, -0.25) is 4.79 Å². The summed E-state index contributed by atoms with van der Waals surface area (Å²) in [6.45, 7) is 3.68. The van der Waals surface area contributed by atoms with Crippen molar-refractivity contribution in [2.45, 2.75) is 13.8 Å². The normalized spacial score (nSPS) is 11.1. The molecule has 0 bridgehead atoms. The SMILES string of the molecule is C/C(=N\NC(=O)CNc1cccc(C)c1)c1cc(O)ccc1O. The van der Waals surface area contributed by atoms with Crippen molar-refractivity contribution in [1.29, 1.82) is 0 Å². The van der Waals surface area contributed by atoms with Crippen molar-refractivity contribution in [3.8, 4) is 11.5 Å². The lowest BCUT2D eigenvalue weighted by atomic mass is 10.1. The van der Waals surface area contributed by atoms with Crippen molar-refractivity contribution in [3.05, 3.63) is 53.6 Å². The molecule has 0 aliphatic heterocycles. The van der Waals surface area contributed by atoms with E-state index in [4.69, 9.17) is 0 Å². The highest BCUT2D eigenvalue weighted by molar-refractivity contribution is 6.01. The number of aryl methyl sites for hydroxylation is 1. The maximum atomic E-state index is 11.8. The molecule has 0 unspecified atom stereocenters. The number of carbonyl (C=O) groups excluding carboxylic acids is 1. The van der Waals surface area contributed by atoms with Crippen LogP contribution in [-0.4, -0.2) is 28.4 Å². The number of rotatable bonds is 5. The summed E-state index contributed by atoms with van der Waals surface area (Å²) in [6, 6.07) is 11.8. The quantitative estimate of drug-likeness (QED) is 0.387. The molecule has 1 amide bonds. The summed E-state index contributed by atoms with van der Waals surface area (Å²) >= 11 is 0. The molecule has 0 aliphatic rings. The summed E-state index contributed by atoms with van der Waals surface area (Å²) in [6.07, 6.45) is 0. The van der Waals surface area contributed by atoms with Crippen molar-refractivity contribution in [1.82, 2.24) is 5.43 Å². The van der Waals surface area contributed by atoms with E-state index in [1.54, 1.807) is 6.92 Å². The zero-order chi connectivity index (χ0) is 16.8. The van der Waals surface area contributed by atoms with Gasteiger partial charge in [0.2, 0.25) is 0 Å². The highest BCUT2D eigenvalue weighted by atomic mass is 16.3. The smallest absolute Gasteiger partial charge is 0.259 e. The molecule has 2 aromatic rings. The van der Waals surface area contributed by atoms with Gasteiger partial charge in [0, 0.05) is 11.3 Å². The molecular weight excluding hydrogens is 294 g/mol. The maximum Gasteiger partial charge on any atom is 0.259 e. The van der Waals surface area contributed by atoms with Gasteiger partial charge in [-0.1, -0.05) is 12.1 Å². The number of hydrogen-bond donors (Lipinski definition) is 4. The van der Waals surface area contributed by atoms with Crippen LogP contribution in [0.3, 0.4) is 0 Å². The molecule has 0 aliphatic carbocycles. The number of carbonyl (C=O) groups is 1. The van der Waals surface area contributed by atoms with Crippen molar-refractivity contribution in [3.63, 3.8) is 0 Å². The Balaban J connectivity index is 1.93. The van der Waals surface area contributed by atoms with Crippen LogP contribution in [0.15, 0.2) is 47.6 Å². The van der Waals surface area contributed by atoms with E-state index in [2.05, 4.69) is 15.8 Å². The number of nitrogens with one attached hydrogen (secondary N) is 2. The van der Waals surface area contributed by atoms with Crippen LogP contribution in [0.4, 0.5) is 5.69 Å². The average molecular weight is 313 g/mol. The fraction of sp³-hybridized carbons (Fsp3) is 0.176. The second-order valence-corrected chi connectivity index (χ2v) is 5.16. The molecule has 23 heavy (non-hydrogen) atoms. The van der Waals surface area contributed by atoms with Crippen LogP contribution in [0, 0.1) is 6.92 Å². The van der Waals surface area contributed by atoms with Gasteiger partial charge in [0.05, 0.1) is 12.3 Å². The third-order valence-corrected chi connectivity index (χ3v) is 3.19. The number of phenols is 2. The molecule has 2 rings (SSSR count). The molecule has 0 aromatic heterocycles. The van der Waals surface area contributed by atoms with E-state index in [0.717, 1.165) is 11.3 Å². The average Bonchev–Trinajstić information content (AvgIpc) is 2.53. The minimum atomic E-state index is -0.314. The van der Waals surface area contributed by atoms with Crippen LogP contribution >= 0.6 is 0 Å². The number of hydrazone groups is 1. The summed E-state index contributed by atoms with van der Waals surface area (Å²) in [5.74, 6) is -0.318. The molecule has 6 heteroatoms. The van der Waals surface area contributed by atoms with Gasteiger partial charge in [0.1, 0.15) is 11.5 Å². The first-order chi connectivity index (χ1) is 11.0. The van der Waals surface area contributed by atoms with Crippen LogP contribution in [0.1, 0.15) is 18.1 Å². The highest BCUT2D eigenvalue weighted by Crippen LogP contribution is 2.22. The molecule has 0 spiro atoms. The number of anilines is 1. The van der Waals surface area contributed by atoms with Crippen LogP contribution < -0.4 is 10.7 Å². The van der Waals surface area contributed by atoms with E-state index in [9.17, 15) is 15.0 Å². The van der Waals surface area contributed by atoms with E-state index < -0.39 is 0 Å². The predicted octanol–water partition coefficient (Wildman–Crippen LogP) is 2.36. The Morgan fingerprint density at radius 1 is 1.17 bits per heavy atom. The minimum Gasteiger partial charge on any atom is -0.508 e. The number of hydrogen-bond acceptors (Lipinski definition) is 5. The van der Waals surface area contributed by atoms with E-state index in [1.165, 1.54) is 18.2 Å². The van der Waals surface area contributed by atoms with Crippen molar-refractivity contribution < 1.29 is 15.0 Å². The van der Waals surface area contributed by atoms with Crippen molar-refractivity contribution >= 4 is 17.3 Å². The van der Waals surface area contributed by atoms with Gasteiger partial charge in [-0.05, 0) is 49.7 Å². The Hall–Kier alpha value is -3.02. The summed E-state index contributed by atoms with van der Waals surface area (Å²) in [5, 5.41) is 26.1. The number of benzene rings is 2. The van der Waals surface area contributed by atoms with Gasteiger partial charge in [-0.2, -0.15) is 5.10 Å². The van der Waals surface area contributed by atoms with Crippen LogP contribution in [0.25, 0.3) is 0 Å². The molecule has 0 radical (unpaired) electrons. The van der Waals surface area contributed by atoms with Gasteiger partial charge in [0.25, 0.3) is 5.91 Å². The Morgan fingerprint density at radius 2 is 1.96 bits per heavy atom. The number of amides is 1. The fourth-order valence-corrected chi connectivity index (χ4v) is 2.00. The topological polar surface area (TPSA) is 94.0 Å². The van der Waals surface area contributed by atoms with Crippen molar-refractivity contribution in [2.24, 2.45) is 5.10 Å². The third kappa shape index (κ3) is 4.74. The molecule has 0 fully saturated rings. The minimum absolute atomic E-state index is 0.0137. The second kappa shape index (κ2) is 7.31. The first-order valence-electron chi connectivity index (χ1n) is 7.12. The lowest BCUT2D eigenvalue weighted by Gasteiger charge is -2.07. The van der Waals surface area contributed by atoms with Crippen LogP contribution in [0.2, 0.25) is 0 Å². The van der Waals surface area contributed by atoms with Crippen molar-refractivity contribution in [2.75, 3.05) is 11.9 Å². The number of aromatic hydroxyl groups is 2. The Kier molecular flexibility index (Phi) is 5.19. The molecule has 120 valence electrons. The monoisotopic (exact) mass is 313 g/mol. The first-order valence-corrected chi connectivity index (χ1v) is 7.12. The molecule has 0 saturated heterocycles. The maximum absolute atomic E-state index is 11.8. The molecule has 0 heterocycles. The molecule has 4 N–H and O–H groups in total. The largest absolute Gasteiger partial charge is 0.508 e. The Labute approximate surface area is 134 Å². The van der Waals surface area contributed by atoms with E-state index in [0.29, 0.717) is 11.3 Å². The summed E-state index contributed by atoms with van der Waals surface area (Å²) in [7, 11) is 0. The zero-order valence-corrected chi connectivity index (χ0v) is 13.0. The number of nitrogens with zero attached hydrogens (tertiary/aromatic N) is 1. The standard InChI is InChI=1S/C17H19N3O3/c1-11-4-3-5-13(8-11)18-10-17(23)20-19-12(2)15-9-14(21)6-7-16(15)22/h3-9,18,21-22H,10H2,1-2H3,(H,20,23)/b19-12+. The van der Waals surface area contributed by atoms with Gasteiger partial charge in [0.15, 0.2) is 0 Å².